The van der Waals surface area contributed by atoms with Crippen LogP contribution in [0.25, 0.3) is 11.1 Å². The van der Waals surface area contributed by atoms with E-state index in [-0.39, 0.29) is 0 Å². The lowest BCUT2D eigenvalue weighted by molar-refractivity contribution is 1.27. The molecular formula is C42H34N4Si2. The van der Waals surface area contributed by atoms with Gasteiger partial charge in [-0.05, 0) is 92.5 Å². The van der Waals surface area contributed by atoms with Gasteiger partial charge in [-0.1, -0.05) is 99.0 Å². The molecule has 2 aliphatic rings. The Hall–Kier alpha value is -5.67. The molecule has 6 heteroatoms. The lowest BCUT2D eigenvalue weighted by Gasteiger charge is -2.41. The fourth-order valence-electron chi connectivity index (χ4n) is 7.84. The van der Waals surface area contributed by atoms with Crippen molar-refractivity contribution in [1.82, 2.24) is 0 Å². The van der Waals surface area contributed by atoms with Gasteiger partial charge < -0.3 is 9.80 Å². The number of hydrogen-bond donors (Lipinski definition) is 0. The van der Waals surface area contributed by atoms with E-state index < -0.39 is 16.1 Å². The number of hydrogen-bond acceptors (Lipinski definition) is 4. The molecule has 0 aromatic heterocycles. The predicted molar refractivity (Wildman–Crippen MR) is 204 cm³/mol. The van der Waals surface area contributed by atoms with Crippen molar-refractivity contribution < 1.29 is 0 Å². The van der Waals surface area contributed by atoms with Crippen molar-refractivity contribution in [3.8, 4) is 23.3 Å². The third kappa shape index (κ3) is 4.46. The third-order valence-corrected chi connectivity index (χ3v) is 17.3. The molecule has 2 aliphatic heterocycles. The number of rotatable bonds is 3. The summed E-state index contributed by atoms with van der Waals surface area (Å²) in [5, 5.41) is 26.1. The van der Waals surface area contributed by atoms with Crippen molar-refractivity contribution in [1.29, 1.82) is 10.5 Å². The maximum atomic E-state index is 10.3. The molecule has 0 spiro atoms. The van der Waals surface area contributed by atoms with E-state index >= 15 is 0 Å². The van der Waals surface area contributed by atoms with E-state index in [0.717, 1.165) is 45.3 Å². The quantitative estimate of drug-likeness (QED) is 0.181. The standard InChI is InChI=1S/C42H34N4Si2/c1-47(2)39-17-9-5-13-35(39)45(36-14-6-10-18-40(36)47)33-23-29(27-43)21-31(25-33)32-22-30(28-44)24-34(26-32)46-37-15-7-11-19-41(37)48(3,4)42-20-12-8-16-38(42)46/h5-26H,1-4H3. The molecule has 230 valence electrons. The van der Waals surface area contributed by atoms with Crippen molar-refractivity contribution in [3.05, 3.63) is 145 Å². The molecule has 0 atom stereocenters. The van der Waals surface area contributed by atoms with Gasteiger partial charge in [0.05, 0.1) is 23.3 Å². The summed E-state index contributed by atoms with van der Waals surface area (Å²) in [6.45, 7) is 9.65. The molecule has 48 heavy (non-hydrogen) atoms. The summed E-state index contributed by atoms with van der Waals surface area (Å²) in [5.41, 5.74) is 9.44. The maximum Gasteiger partial charge on any atom is 0.117 e. The van der Waals surface area contributed by atoms with Gasteiger partial charge in [0, 0.05) is 34.1 Å². The molecule has 0 aliphatic carbocycles. The molecule has 6 aromatic carbocycles. The number of para-hydroxylation sites is 4. The molecule has 0 unspecified atom stereocenters. The van der Waals surface area contributed by atoms with Gasteiger partial charge >= 0.3 is 0 Å². The lowest BCUT2D eigenvalue weighted by atomic mass is 9.98. The van der Waals surface area contributed by atoms with E-state index in [0.29, 0.717) is 11.1 Å². The van der Waals surface area contributed by atoms with Crippen LogP contribution in [0.5, 0.6) is 0 Å². The van der Waals surface area contributed by atoms with Crippen LogP contribution in [0.15, 0.2) is 133 Å². The smallest absolute Gasteiger partial charge is 0.117 e. The molecule has 0 saturated carbocycles. The molecule has 0 fully saturated rings. The number of fused-ring (bicyclic) bond motifs is 4. The largest absolute Gasteiger partial charge is 0.311 e. The molecule has 6 aromatic rings. The van der Waals surface area contributed by atoms with Crippen LogP contribution in [0.1, 0.15) is 11.1 Å². The van der Waals surface area contributed by atoms with Crippen LogP contribution in [-0.4, -0.2) is 16.1 Å². The van der Waals surface area contributed by atoms with E-state index in [4.69, 9.17) is 0 Å². The van der Waals surface area contributed by atoms with Crippen molar-refractivity contribution in [2.45, 2.75) is 26.2 Å². The van der Waals surface area contributed by atoms with E-state index in [9.17, 15) is 10.5 Å². The van der Waals surface area contributed by atoms with Crippen molar-refractivity contribution in [2.24, 2.45) is 0 Å². The Balaban J connectivity index is 1.34. The van der Waals surface area contributed by atoms with Gasteiger partial charge in [0.25, 0.3) is 0 Å². The second kappa shape index (κ2) is 11.0. The van der Waals surface area contributed by atoms with Gasteiger partial charge in [0.15, 0.2) is 0 Å². The van der Waals surface area contributed by atoms with E-state index in [1.807, 2.05) is 24.3 Å². The van der Waals surface area contributed by atoms with Gasteiger partial charge in [-0.25, -0.2) is 0 Å². The van der Waals surface area contributed by atoms with Crippen LogP contribution in [0.3, 0.4) is 0 Å². The minimum atomic E-state index is -1.96. The Labute approximate surface area is 284 Å². The molecule has 8 rings (SSSR count). The van der Waals surface area contributed by atoms with Gasteiger partial charge in [-0.3, -0.25) is 0 Å². The van der Waals surface area contributed by atoms with Crippen LogP contribution < -0.4 is 30.5 Å². The van der Waals surface area contributed by atoms with Crippen LogP contribution in [-0.2, 0) is 0 Å². The molecule has 0 saturated heterocycles. The fourth-order valence-corrected chi connectivity index (χ4v) is 13.8. The molecular weight excluding hydrogens is 617 g/mol. The van der Waals surface area contributed by atoms with Crippen LogP contribution in [0.4, 0.5) is 34.1 Å². The minimum absolute atomic E-state index is 0.574. The van der Waals surface area contributed by atoms with E-state index in [1.54, 1.807) is 0 Å². The average molecular weight is 651 g/mol. The molecule has 0 bridgehead atoms. The third-order valence-electron chi connectivity index (χ3n) is 10.2. The highest BCUT2D eigenvalue weighted by Gasteiger charge is 2.39. The SMILES string of the molecule is C[Si]1(C)c2ccccc2N(c2cc(C#N)cc(-c3cc(C#N)cc(N4c5ccccc5[Si](C)(C)c5ccccc54)c3)c2)c2ccccc21. The van der Waals surface area contributed by atoms with Crippen LogP contribution >= 0.6 is 0 Å². The molecule has 0 amide bonds. The monoisotopic (exact) mass is 650 g/mol. The zero-order valence-corrected chi connectivity index (χ0v) is 29.5. The zero-order valence-electron chi connectivity index (χ0n) is 27.5. The summed E-state index contributed by atoms with van der Waals surface area (Å²) in [6.07, 6.45) is 0. The van der Waals surface area contributed by atoms with Crippen molar-refractivity contribution >= 4 is 71.0 Å². The Morgan fingerprint density at radius 3 is 1.00 bits per heavy atom. The number of benzene rings is 6. The fraction of sp³-hybridized carbons (Fsp3) is 0.0952. The second-order valence-corrected chi connectivity index (χ2v) is 22.4. The Bertz CT molecular complexity index is 2100. The summed E-state index contributed by atoms with van der Waals surface area (Å²) in [6, 6.07) is 51.8. The van der Waals surface area contributed by atoms with E-state index in [2.05, 4.69) is 157 Å². The zero-order chi connectivity index (χ0) is 33.2. The van der Waals surface area contributed by atoms with Gasteiger partial charge in [0.2, 0.25) is 0 Å². The number of anilines is 6. The van der Waals surface area contributed by atoms with Crippen LogP contribution in [0, 0.1) is 22.7 Å². The normalized spacial score (nSPS) is 14.9. The summed E-state index contributed by atoms with van der Waals surface area (Å²) < 4.78 is 0. The summed E-state index contributed by atoms with van der Waals surface area (Å²) in [5.74, 6) is 0. The average Bonchev–Trinajstić information content (AvgIpc) is 3.12. The predicted octanol–water partition coefficient (Wildman–Crippen LogP) is 8.31. The number of nitrogens with zero attached hydrogens (tertiary/aromatic N) is 4. The summed E-state index contributed by atoms with van der Waals surface area (Å²) in [4.78, 5) is 4.62. The first kappa shape index (κ1) is 29.7. The summed E-state index contributed by atoms with van der Waals surface area (Å²) in [7, 11) is -3.92. The van der Waals surface area contributed by atoms with Crippen molar-refractivity contribution in [3.63, 3.8) is 0 Å². The minimum Gasteiger partial charge on any atom is -0.311 e. The van der Waals surface area contributed by atoms with Gasteiger partial charge in [0.1, 0.15) is 16.1 Å². The summed E-state index contributed by atoms with van der Waals surface area (Å²) >= 11 is 0. The number of nitriles is 2. The highest BCUT2D eigenvalue weighted by Crippen LogP contribution is 2.43. The van der Waals surface area contributed by atoms with Crippen LogP contribution in [0.2, 0.25) is 26.2 Å². The first-order valence-corrected chi connectivity index (χ1v) is 22.3. The Kier molecular flexibility index (Phi) is 6.78. The lowest BCUT2D eigenvalue weighted by Crippen LogP contribution is -2.58. The first-order chi connectivity index (χ1) is 23.2. The molecule has 2 heterocycles. The Morgan fingerprint density at radius 1 is 0.417 bits per heavy atom. The molecule has 4 nitrogen and oxygen atoms in total. The van der Waals surface area contributed by atoms with E-state index in [1.165, 1.54) is 20.7 Å². The second-order valence-electron chi connectivity index (χ2n) is 13.8. The van der Waals surface area contributed by atoms with Gasteiger partial charge in [-0.2, -0.15) is 10.5 Å². The first-order valence-electron chi connectivity index (χ1n) is 16.3. The van der Waals surface area contributed by atoms with Gasteiger partial charge in [-0.15, -0.1) is 0 Å². The topological polar surface area (TPSA) is 54.1 Å². The van der Waals surface area contributed by atoms with Crippen molar-refractivity contribution in [2.75, 3.05) is 9.80 Å². The maximum absolute atomic E-state index is 10.3. The molecule has 0 radical (unpaired) electrons. The highest BCUT2D eigenvalue weighted by molar-refractivity contribution is 7.03. The molecule has 0 N–H and O–H groups in total. The Morgan fingerprint density at radius 2 is 0.708 bits per heavy atom. The highest BCUT2D eigenvalue weighted by atomic mass is 28.3.